The first-order valence-electron chi connectivity index (χ1n) is 9.39. The van der Waals surface area contributed by atoms with E-state index in [1.807, 2.05) is 35.7 Å². The van der Waals surface area contributed by atoms with Gasteiger partial charge in [0.1, 0.15) is 6.10 Å². The van der Waals surface area contributed by atoms with Crippen LogP contribution < -0.4 is 5.32 Å². The predicted molar refractivity (Wildman–Crippen MR) is 104 cm³/mol. The van der Waals surface area contributed by atoms with Gasteiger partial charge in [0.05, 0.1) is 18.8 Å². The molecule has 140 valence electrons. The van der Waals surface area contributed by atoms with E-state index in [-0.39, 0.29) is 18.1 Å². The molecular formula is C21H27NO3S. The van der Waals surface area contributed by atoms with Crippen molar-refractivity contribution in [3.63, 3.8) is 0 Å². The fraction of sp³-hybridized carbons (Fsp3) is 0.476. The number of thiophene rings is 1. The zero-order chi connectivity index (χ0) is 18.4. The van der Waals surface area contributed by atoms with Crippen molar-refractivity contribution < 1.29 is 14.6 Å². The highest BCUT2D eigenvalue weighted by atomic mass is 32.1. The number of carbonyl (C=O) groups is 1. The Morgan fingerprint density at radius 3 is 2.65 bits per heavy atom. The van der Waals surface area contributed by atoms with Gasteiger partial charge in [-0.05, 0) is 35.4 Å². The Balaban J connectivity index is 1.69. The van der Waals surface area contributed by atoms with Crippen LogP contribution in [0.25, 0.3) is 0 Å². The summed E-state index contributed by atoms with van der Waals surface area (Å²) in [4.78, 5) is 12.5. The van der Waals surface area contributed by atoms with Gasteiger partial charge in [0.15, 0.2) is 0 Å². The molecule has 5 heteroatoms. The SMILES string of the molecule is CCCCC(O)c1ccc([C@@H](OCC2CCC(=O)N2)c2cccs2)cc1. The number of aliphatic hydroxyl groups is 1. The molecule has 0 spiro atoms. The first kappa shape index (κ1) is 19.1. The monoisotopic (exact) mass is 373 g/mol. The number of aliphatic hydroxyl groups excluding tert-OH is 1. The summed E-state index contributed by atoms with van der Waals surface area (Å²) >= 11 is 1.67. The third-order valence-corrected chi connectivity index (χ3v) is 5.72. The standard InChI is InChI=1S/C21H27NO3S/c1-2-3-5-18(23)15-7-9-16(10-8-15)21(19-6-4-13-26-19)25-14-17-11-12-20(24)22-17/h4,6-10,13,17-18,21,23H,2-3,5,11-12,14H2,1H3,(H,22,24)/t17?,18?,21-/m1/s1. The molecule has 1 aromatic carbocycles. The van der Waals surface area contributed by atoms with Gasteiger partial charge in [-0.1, -0.05) is 50.1 Å². The lowest BCUT2D eigenvalue weighted by Gasteiger charge is -2.20. The van der Waals surface area contributed by atoms with Crippen LogP contribution in [0.1, 0.15) is 67.2 Å². The van der Waals surface area contributed by atoms with Crippen LogP contribution in [0.5, 0.6) is 0 Å². The Labute approximate surface area is 159 Å². The summed E-state index contributed by atoms with van der Waals surface area (Å²) in [6.07, 6.45) is 3.77. The van der Waals surface area contributed by atoms with Gasteiger partial charge in [0, 0.05) is 11.3 Å². The number of benzene rings is 1. The second-order valence-corrected chi connectivity index (χ2v) is 7.84. The van der Waals surface area contributed by atoms with E-state index in [1.165, 1.54) is 0 Å². The first-order valence-corrected chi connectivity index (χ1v) is 10.3. The minimum absolute atomic E-state index is 0.0973. The highest BCUT2D eigenvalue weighted by Crippen LogP contribution is 2.31. The second kappa shape index (κ2) is 9.31. The number of amides is 1. The fourth-order valence-electron chi connectivity index (χ4n) is 3.25. The van der Waals surface area contributed by atoms with Crippen LogP contribution in [0.3, 0.4) is 0 Å². The molecule has 0 bridgehead atoms. The Morgan fingerprint density at radius 2 is 2.04 bits per heavy atom. The van der Waals surface area contributed by atoms with Gasteiger partial charge in [-0.25, -0.2) is 0 Å². The summed E-state index contributed by atoms with van der Waals surface area (Å²) in [6, 6.07) is 12.3. The molecule has 3 rings (SSSR count). The molecule has 0 radical (unpaired) electrons. The quantitative estimate of drug-likeness (QED) is 0.687. The molecule has 1 aromatic heterocycles. The Hall–Kier alpha value is -1.69. The van der Waals surface area contributed by atoms with Crippen molar-refractivity contribution in [1.29, 1.82) is 0 Å². The molecule has 0 aliphatic carbocycles. The molecule has 1 saturated heterocycles. The average Bonchev–Trinajstić information content (AvgIpc) is 3.32. The first-order chi connectivity index (χ1) is 12.7. The molecule has 2 unspecified atom stereocenters. The summed E-state index contributed by atoms with van der Waals surface area (Å²) in [5.74, 6) is 0.108. The maximum absolute atomic E-state index is 11.4. The number of unbranched alkanes of at least 4 members (excludes halogenated alkanes) is 1. The van der Waals surface area contributed by atoms with Gasteiger partial charge in [0.25, 0.3) is 0 Å². The van der Waals surface area contributed by atoms with Crippen molar-refractivity contribution in [3.05, 3.63) is 57.8 Å². The van der Waals surface area contributed by atoms with Crippen LogP contribution in [0.4, 0.5) is 0 Å². The summed E-state index contributed by atoms with van der Waals surface area (Å²) in [6.45, 7) is 2.64. The Kier molecular flexibility index (Phi) is 6.83. The minimum Gasteiger partial charge on any atom is -0.388 e. The molecule has 1 fully saturated rings. The topological polar surface area (TPSA) is 58.6 Å². The molecule has 26 heavy (non-hydrogen) atoms. The Morgan fingerprint density at radius 1 is 1.27 bits per heavy atom. The number of rotatable bonds is 9. The van der Waals surface area contributed by atoms with E-state index in [4.69, 9.17) is 4.74 Å². The maximum atomic E-state index is 11.4. The largest absolute Gasteiger partial charge is 0.388 e. The van der Waals surface area contributed by atoms with Crippen molar-refractivity contribution >= 4 is 17.2 Å². The highest BCUT2D eigenvalue weighted by Gasteiger charge is 2.24. The van der Waals surface area contributed by atoms with Crippen molar-refractivity contribution in [3.8, 4) is 0 Å². The summed E-state index contributed by atoms with van der Waals surface area (Å²) in [5.41, 5.74) is 2.03. The van der Waals surface area contributed by atoms with E-state index < -0.39 is 6.10 Å². The van der Waals surface area contributed by atoms with Gasteiger partial charge < -0.3 is 15.2 Å². The van der Waals surface area contributed by atoms with Gasteiger partial charge in [-0.3, -0.25) is 4.79 Å². The molecule has 3 atom stereocenters. The second-order valence-electron chi connectivity index (χ2n) is 6.86. The zero-order valence-corrected chi connectivity index (χ0v) is 16.0. The smallest absolute Gasteiger partial charge is 0.220 e. The number of carbonyl (C=O) groups excluding carboxylic acids is 1. The normalized spacial score (nSPS) is 19.3. The molecule has 0 saturated carbocycles. The van der Waals surface area contributed by atoms with Crippen LogP contribution in [0, 0.1) is 0 Å². The molecule has 2 N–H and O–H groups in total. The van der Waals surface area contributed by atoms with E-state index in [2.05, 4.69) is 18.3 Å². The highest BCUT2D eigenvalue weighted by molar-refractivity contribution is 7.10. The van der Waals surface area contributed by atoms with Gasteiger partial charge in [0.2, 0.25) is 5.91 Å². The average molecular weight is 374 g/mol. The summed E-state index contributed by atoms with van der Waals surface area (Å²) < 4.78 is 6.20. The van der Waals surface area contributed by atoms with Crippen LogP contribution in [-0.4, -0.2) is 23.7 Å². The summed E-state index contributed by atoms with van der Waals surface area (Å²) in [7, 11) is 0. The Bertz CT molecular complexity index is 684. The molecule has 2 aromatic rings. The molecule has 2 heterocycles. The maximum Gasteiger partial charge on any atom is 0.220 e. The lowest BCUT2D eigenvalue weighted by molar-refractivity contribution is -0.119. The molecule has 4 nitrogen and oxygen atoms in total. The minimum atomic E-state index is -0.404. The molecule has 1 aliphatic heterocycles. The van der Waals surface area contributed by atoms with Crippen molar-refractivity contribution in [1.82, 2.24) is 5.32 Å². The van der Waals surface area contributed by atoms with Gasteiger partial charge in [-0.2, -0.15) is 0 Å². The molecule has 1 aliphatic rings. The van der Waals surface area contributed by atoms with Crippen LogP contribution in [-0.2, 0) is 9.53 Å². The van der Waals surface area contributed by atoms with Crippen molar-refractivity contribution in [2.45, 2.75) is 57.3 Å². The number of nitrogens with one attached hydrogen (secondary N) is 1. The lowest BCUT2D eigenvalue weighted by atomic mass is 10.00. The van der Waals surface area contributed by atoms with Crippen LogP contribution in [0.2, 0.25) is 0 Å². The third-order valence-electron chi connectivity index (χ3n) is 4.81. The number of ether oxygens (including phenoxy) is 1. The van der Waals surface area contributed by atoms with Crippen LogP contribution >= 0.6 is 11.3 Å². The van der Waals surface area contributed by atoms with E-state index in [9.17, 15) is 9.90 Å². The lowest BCUT2D eigenvalue weighted by Crippen LogP contribution is -2.30. The fourth-order valence-corrected chi connectivity index (χ4v) is 4.05. The zero-order valence-electron chi connectivity index (χ0n) is 15.2. The molecular weight excluding hydrogens is 346 g/mol. The van der Waals surface area contributed by atoms with E-state index >= 15 is 0 Å². The van der Waals surface area contributed by atoms with E-state index in [0.29, 0.717) is 13.0 Å². The predicted octanol–water partition coefficient (Wildman–Crippen LogP) is 4.36. The van der Waals surface area contributed by atoms with E-state index in [1.54, 1.807) is 11.3 Å². The van der Waals surface area contributed by atoms with Gasteiger partial charge >= 0.3 is 0 Å². The van der Waals surface area contributed by atoms with Crippen molar-refractivity contribution in [2.24, 2.45) is 0 Å². The third kappa shape index (κ3) is 4.93. The number of hydrogen-bond donors (Lipinski definition) is 2. The van der Waals surface area contributed by atoms with E-state index in [0.717, 1.165) is 41.7 Å². The summed E-state index contributed by atoms with van der Waals surface area (Å²) in [5, 5.41) is 15.3. The number of hydrogen-bond acceptors (Lipinski definition) is 4. The molecule has 1 amide bonds. The van der Waals surface area contributed by atoms with Crippen molar-refractivity contribution in [2.75, 3.05) is 6.61 Å². The van der Waals surface area contributed by atoms with Gasteiger partial charge in [-0.15, -0.1) is 11.3 Å². The van der Waals surface area contributed by atoms with Crippen LogP contribution in [0.15, 0.2) is 41.8 Å².